The molecule has 0 aliphatic carbocycles. The van der Waals surface area contributed by atoms with Crippen LogP contribution >= 0.6 is 0 Å². The van der Waals surface area contributed by atoms with Crippen LogP contribution in [0.15, 0.2) is 18.3 Å². The van der Waals surface area contributed by atoms with Crippen molar-refractivity contribution < 1.29 is 19.1 Å². The minimum Gasteiger partial charge on any atom is -0.444 e. The molecule has 0 fully saturated rings. The third-order valence-corrected chi connectivity index (χ3v) is 2.08. The highest BCUT2D eigenvalue weighted by atomic mass is 16.6. The first-order valence-electron chi connectivity index (χ1n) is 6.15. The Kier molecular flexibility index (Phi) is 5.31. The lowest BCUT2D eigenvalue weighted by Gasteiger charge is -2.19. The number of carbonyl (C=O) groups is 2. The Bertz CT molecular complexity index is 465. The number of aromatic nitrogens is 1. The fourth-order valence-electron chi connectivity index (χ4n) is 1.35. The van der Waals surface area contributed by atoms with Crippen molar-refractivity contribution in [3.63, 3.8) is 0 Å². The van der Waals surface area contributed by atoms with E-state index in [0.29, 0.717) is 13.0 Å². The first-order chi connectivity index (χ1) is 9.26. The molecule has 0 saturated heterocycles. The number of ether oxygens (including phenoxy) is 2. The van der Waals surface area contributed by atoms with Gasteiger partial charge in [0.15, 0.2) is 0 Å². The summed E-state index contributed by atoms with van der Waals surface area (Å²) >= 11 is 0. The maximum absolute atomic E-state index is 11.4. The molecule has 0 aliphatic rings. The van der Waals surface area contributed by atoms with Crippen LogP contribution in [0.2, 0.25) is 0 Å². The molecule has 20 heavy (non-hydrogen) atoms. The second-order valence-corrected chi connectivity index (χ2v) is 5.10. The van der Waals surface area contributed by atoms with Crippen molar-refractivity contribution in [3.05, 3.63) is 23.9 Å². The monoisotopic (exact) mass is 281 g/mol. The summed E-state index contributed by atoms with van der Waals surface area (Å²) in [4.78, 5) is 25.8. The number of amides is 2. The first-order valence-corrected chi connectivity index (χ1v) is 6.15. The number of hydrogen-bond acceptors (Lipinski definition) is 5. The van der Waals surface area contributed by atoms with Crippen molar-refractivity contribution in [1.29, 1.82) is 0 Å². The van der Waals surface area contributed by atoms with Crippen LogP contribution in [-0.2, 0) is 11.2 Å². The molecule has 1 rings (SSSR count). The van der Waals surface area contributed by atoms with E-state index in [1.54, 1.807) is 33.0 Å². The lowest BCUT2D eigenvalue weighted by molar-refractivity contribution is 0.0528. The molecule has 0 bridgehead atoms. The van der Waals surface area contributed by atoms with Crippen molar-refractivity contribution in [2.24, 2.45) is 5.73 Å². The molecule has 2 amide bonds. The number of primary amides is 1. The van der Waals surface area contributed by atoms with E-state index in [4.69, 9.17) is 10.5 Å². The summed E-state index contributed by atoms with van der Waals surface area (Å²) in [5, 5.41) is 2.64. The quantitative estimate of drug-likeness (QED) is 0.872. The van der Waals surface area contributed by atoms with Crippen LogP contribution in [0, 0.1) is 0 Å². The van der Waals surface area contributed by atoms with Crippen LogP contribution < -0.4 is 15.8 Å². The zero-order chi connectivity index (χ0) is 15.2. The van der Waals surface area contributed by atoms with Gasteiger partial charge in [0.1, 0.15) is 5.60 Å². The maximum atomic E-state index is 11.4. The largest absolute Gasteiger partial charge is 0.444 e. The summed E-state index contributed by atoms with van der Waals surface area (Å²) in [6.07, 6.45) is 0.772. The van der Waals surface area contributed by atoms with Crippen LogP contribution in [0.1, 0.15) is 26.3 Å². The summed E-state index contributed by atoms with van der Waals surface area (Å²) < 4.78 is 9.71. The Morgan fingerprint density at radius 3 is 2.55 bits per heavy atom. The molecule has 7 nitrogen and oxygen atoms in total. The van der Waals surface area contributed by atoms with Gasteiger partial charge in [-0.15, -0.1) is 0 Å². The van der Waals surface area contributed by atoms with E-state index < -0.39 is 17.8 Å². The van der Waals surface area contributed by atoms with Crippen molar-refractivity contribution in [3.8, 4) is 5.88 Å². The minimum absolute atomic E-state index is 0.140. The predicted molar refractivity (Wildman–Crippen MR) is 72.4 cm³/mol. The van der Waals surface area contributed by atoms with E-state index in [2.05, 4.69) is 15.0 Å². The highest BCUT2D eigenvalue weighted by Gasteiger charge is 2.15. The molecule has 0 radical (unpaired) electrons. The molecular formula is C13H19N3O4. The number of hydrogen-bond donors (Lipinski definition) is 2. The zero-order valence-electron chi connectivity index (χ0n) is 11.8. The fourth-order valence-corrected chi connectivity index (χ4v) is 1.35. The van der Waals surface area contributed by atoms with Crippen LogP contribution in [0.5, 0.6) is 5.88 Å². The molecule has 1 heterocycles. The van der Waals surface area contributed by atoms with E-state index in [-0.39, 0.29) is 5.88 Å². The SMILES string of the molecule is CC(C)(C)OC(=O)NCCc1ccc(OC(N)=O)nc1. The van der Waals surface area contributed by atoms with Gasteiger partial charge in [-0.25, -0.2) is 14.6 Å². The smallest absolute Gasteiger partial charge is 0.411 e. The molecule has 1 aromatic heterocycles. The number of rotatable bonds is 4. The second kappa shape index (κ2) is 6.74. The molecular weight excluding hydrogens is 262 g/mol. The van der Waals surface area contributed by atoms with Gasteiger partial charge in [0, 0.05) is 18.8 Å². The molecule has 0 aliphatic heterocycles. The molecule has 3 N–H and O–H groups in total. The van der Waals surface area contributed by atoms with Gasteiger partial charge in [0.05, 0.1) is 0 Å². The van der Waals surface area contributed by atoms with Crippen molar-refractivity contribution in [2.75, 3.05) is 6.54 Å². The van der Waals surface area contributed by atoms with Gasteiger partial charge < -0.3 is 20.5 Å². The third-order valence-electron chi connectivity index (χ3n) is 2.08. The fraction of sp³-hybridized carbons (Fsp3) is 0.462. The van der Waals surface area contributed by atoms with Gasteiger partial charge >= 0.3 is 12.2 Å². The number of nitrogens with two attached hydrogens (primary N) is 1. The average Bonchev–Trinajstić information content (AvgIpc) is 2.28. The van der Waals surface area contributed by atoms with Crippen molar-refractivity contribution >= 4 is 12.2 Å². The Morgan fingerprint density at radius 2 is 2.05 bits per heavy atom. The topological polar surface area (TPSA) is 104 Å². The average molecular weight is 281 g/mol. The molecule has 110 valence electrons. The van der Waals surface area contributed by atoms with Gasteiger partial charge in [0.25, 0.3) is 0 Å². The third kappa shape index (κ3) is 6.58. The van der Waals surface area contributed by atoms with E-state index in [0.717, 1.165) is 5.56 Å². The van der Waals surface area contributed by atoms with E-state index >= 15 is 0 Å². The molecule has 0 spiro atoms. The molecule has 0 saturated carbocycles. The number of nitrogens with one attached hydrogen (secondary N) is 1. The lowest BCUT2D eigenvalue weighted by atomic mass is 10.2. The van der Waals surface area contributed by atoms with Crippen molar-refractivity contribution in [1.82, 2.24) is 10.3 Å². The van der Waals surface area contributed by atoms with Crippen LogP contribution in [0.4, 0.5) is 9.59 Å². The minimum atomic E-state index is -0.906. The highest BCUT2D eigenvalue weighted by Crippen LogP contribution is 2.08. The van der Waals surface area contributed by atoms with Gasteiger partial charge in [-0.2, -0.15) is 0 Å². The summed E-state index contributed by atoms with van der Waals surface area (Å²) in [6.45, 7) is 5.82. The van der Waals surface area contributed by atoms with E-state index in [1.165, 1.54) is 6.07 Å². The van der Waals surface area contributed by atoms with Gasteiger partial charge in [-0.05, 0) is 32.8 Å². The number of pyridine rings is 1. The van der Waals surface area contributed by atoms with Crippen molar-refractivity contribution in [2.45, 2.75) is 32.8 Å². The number of alkyl carbamates (subject to hydrolysis) is 1. The molecule has 0 aromatic carbocycles. The lowest BCUT2D eigenvalue weighted by Crippen LogP contribution is -2.33. The summed E-state index contributed by atoms with van der Waals surface area (Å²) in [5.41, 5.74) is 5.24. The van der Waals surface area contributed by atoms with E-state index in [9.17, 15) is 9.59 Å². The summed E-state index contributed by atoms with van der Waals surface area (Å²) in [7, 11) is 0. The summed E-state index contributed by atoms with van der Waals surface area (Å²) in [5.74, 6) is 0.140. The Morgan fingerprint density at radius 1 is 1.35 bits per heavy atom. The Balaban J connectivity index is 2.35. The second-order valence-electron chi connectivity index (χ2n) is 5.10. The highest BCUT2D eigenvalue weighted by molar-refractivity contribution is 5.68. The van der Waals surface area contributed by atoms with Crippen LogP contribution in [-0.4, -0.2) is 29.3 Å². The van der Waals surface area contributed by atoms with Gasteiger partial charge in [-0.1, -0.05) is 6.07 Å². The summed E-state index contributed by atoms with van der Waals surface area (Å²) in [6, 6.07) is 3.27. The zero-order valence-corrected chi connectivity index (χ0v) is 11.8. The Hall–Kier alpha value is -2.31. The molecule has 0 atom stereocenters. The van der Waals surface area contributed by atoms with E-state index in [1.807, 2.05) is 0 Å². The molecule has 0 unspecified atom stereocenters. The van der Waals surface area contributed by atoms with Gasteiger partial charge in [0.2, 0.25) is 5.88 Å². The molecule has 1 aromatic rings. The molecule has 7 heteroatoms. The van der Waals surface area contributed by atoms with Crippen LogP contribution in [0.25, 0.3) is 0 Å². The maximum Gasteiger partial charge on any atom is 0.411 e. The normalized spacial score (nSPS) is 10.8. The van der Waals surface area contributed by atoms with Crippen LogP contribution in [0.3, 0.4) is 0 Å². The first kappa shape index (κ1) is 15.7. The van der Waals surface area contributed by atoms with Gasteiger partial charge in [-0.3, -0.25) is 0 Å². The number of nitrogens with zero attached hydrogens (tertiary/aromatic N) is 1. The predicted octanol–water partition coefficient (Wildman–Crippen LogP) is 1.61. The standard InChI is InChI=1S/C13H19N3O4/c1-13(2,3)20-12(18)15-7-6-9-4-5-10(16-8-9)19-11(14)17/h4-5,8H,6-7H2,1-3H3,(H2,14,17)(H,15,18). The number of carbonyl (C=O) groups excluding carboxylic acids is 2. The Labute approximate surface area is 117 Å².